The molecule has 5 heteroatoms. The molecule has 0 aromatic heterocycles. The van der Waals surface area contributed by atoms with Crippen LogP contribution in [-0.2, 0) is 4.79 Å². The lowest BCUT2D eigenvalue weighted by Crippen LogP contribution is -2.58. The summed E-state index contributed by atoms with van der Waals surface area (Å²) in [4.78, 5) is 15.2. The van der Waals surface area contributed by atoms with Crippen LogP contribution in [0.4, 0.5) is 0 Å². The van der Waals surface area contributed by atoms with E-state index in [4.69, 9.17) is 9.47 Å². The maximum Gasteiger partial charge on any atom is 0.228 e. The number of rotatable bonds is 6. The number of hydrogen-bond acceptors (Lipinski definition) is 3. The number of carbonyl (C=O) groups excluding carboxylic acids is 1. The number of hydrogen-bond donors (Lipinski definition) is 0. The average molecular weight is 422 g/mol. The summed E-state index contributed by atoms with van der Waals surface area (Å²) in [6, 6.07) is 7.56. The van der Waals surface area contributed by atoms with Crippen LogP contribution in [0.15, 0.2) is 24.3 Å². The Morgan fingerprint density at radius 1 is 1.15 bits per heavy atom. The Bertz CT molecular complexity index is 660. The standard InChI is InChI=1S/C21H28BrNO3/c1-23(7-8-26-18-5-3-17(25-2)4-6-18)19(24)20-10-15-9-16(11-20)13-21(22,12-15)14-20/h3-6,15-16H,7-14H2,1-2H3. The molecule has 0 aliphatic heterocycles. The van der Waals surface area contributed by atoms with Gasteiger partial charge in [0.15, 0.2) is 0 Å². The summed E-state index contributed by atoms with van der Waals surface area (Å²) in [5.41, 5.74) is -0.136. The molecule has 4 bridgehead atoms. The van der Waals surface area contributed by atoms with Crippen LogP contribution in [0.1, 0.15) is 38.5 Å². The van der Waals surface area contributed by atoms with Gasteiger partial charge in [-0.05, 0) is 74.6 Å². The fraction of sp³-hybridized carbons (Fsp3) is 0.667. The van der Waals surface area contributed by atoms with Gasteiger partial charge in [-0.15, -0.1) is 0 Å². The molecule has 4 saturated carbocycles. The van der Waals surface area contributed by atoms with E-state index in [2.05, 4.69) is 15.9 Å². The number of amides is 1. The molecular formula is C21H28BrNO3. The minimum atomic E-state index is -0.136. The van der Waals surface area contributed by atoms with Crippen molar-refractivity contribution in [2.75, 3.05) is 27.3 Å². The molecule has 1 amide bonds. The van der Waals surface area contributed by atoms with Gasteiger partial charge >= 0.3 is 0 Å². The largest absolute Gasteiger partial charge is 0.497 e. The third-order valence-corrected chi connectivity index (χ3v) is 7.47. The molecule has 0 N–H and O–H groups in total. The van der Waals surface area contributed by atoms with Gasteiger partial charge in [0.25, 0.3) is 0 Å². The molecule has 0 saturated heterocycles. The number of halogens is 1. The second kappa shape index (κ2) is 6.74. The summed E-state index contributed by atoms with van der Waals surface area (Å²) in [6.07, 6.45) is 7.01. The van der Waals surface area contributed by atoms with Crippen LogP contribution in [-0.4, -0.2) is 42.4 Å². The van der Waals surface area contributed by atoms with Crippen LogP contribution in [0.2, 0.25) is 0 Å². The normalized spacial score (nSPS) is 34.6. The van der Waals surface area contributed by atoms with Gasteiger partial charge in [0, 0.05) is 11.4 Å². The molecule has 142 valence electrons. The Labute approximate surface area is 164 Å². The van der Waals surface area contributed by atoms with E-state index < -0.39 is 0 Å². The number of benzene rings is 1. The van der Waals surface area contributed by atoms with Crippen molar-refractivity contribution in [1.29, 1.82) is 0 Å². The third-order valence-electron chi connectivity index (χ3n) is 6.54. The molecule has 0 radical (unpaired) electrons. The molecule has 4 fully saturated rings. The molecule has 5 rings (SSSR count). The van der Waals surface area contributed by atoms with E-state index in [-0.39, 0.29) is 9.74 Å². The van der Waals surface area contributed by atoms with Crippen molar-refractivity contribution in [2.24, 2.45) is 17.3 Å². The molecule has 4 aliphatic carbocycles. The van der Waals surface area contributed by atoms with E-state index in [1.165, 1.54) is 19.3 Å². The first kappa shape index (κ1) is 18.1. The SMILES string of the molecule is COc1ccc(OCCN(C)C(=O)C23CC4CC(CC(Br)(C4)C2)C3)cc1. The van der Waals surface area contributed by atoms with Crippen molar-refractivity contribution in [2.45, 2.75) is 42.8 Å². The first-order valence-electron chi connectivity index (χ1n) is 9.63. The van der Waals surface area contributed by atoms with E-state index in [1.54, 1.807) is 7.11 Å². The van der Waals surface area contributed by atoms with E-state index in [0.29, 0.717) is 19.1 Å². The number of nitrogens with zero attached hydrogens (tertiary/aromatic N) is 1. The van der Waals surface area contributed by atoms with Crippen molar-refractivity contribution in [1.82, 2.24) is 4.90 Å². The quantitative estimate of drug-likeness (QED) is 0.643. The number of likely N-dealkylation sites (N-methyl/N-ethyl adjacent to an activating group) is 1. The van der Waals surface area contributed by atoms with Gasteiger partial charge in [0.05, 0.1) is 19.1 Å². The summed E-state index contributed by atoms with van der Waals surface area (Å²) in [5.74, 6) is 3.40. The number of carbonyl (C=O) groups is 1. The topological polar surface area (TPSA) is 38.8 Å². The number of ether oxygens (including phenoxy) is 2. The smallest absolute Gasteiger partial charge is 0.228 e. The molecule has 0 heterocycles. The lowest BCUT2D eigenvalue weighted by molar-refractivity contribution is -0.154. The van der Waals surface area contributed by atoms with Gasteiger partial charge in [-0.1, -0.05) is 15.9 Å². The van der Waals surface area contributed by atoms with Crippen molar-refractivity contribution in [3.8, 4) is 11.5 Å². The van der Waals surface area contributed by atoms with Gasteiger partial charge < -0.3 is 14.4 Å². The van der Waals surface area contributed by atoms with Gasteiger partial charge in [-0.2, -0.15) is 0 Å². The van der Waals surface area contributed by atoms with Crippen LogP contribution < -0.4 is 9.47 Å². The molecule has 26 heavy (non-hydrogen) atoms. The van der Waals surface area contributed by atoms with Crippen molar-refractivity contribution < 1.29 is 14.3 Å². The lowest BCUT2D eigenvalue weighted by atomic mass is 9.49. The highest BCUT2D eigenvalue weighted by Gasteiger charge is 2.60. The molecule has 2 unspecified atom stereocenters. The molecule has 1 aromatic carbocycles. The van der Waals surface area contributed by atoms with Crippen LogP contribution >= 0.6 is 15.9 Å². The maximum atomic E-state index is 13.3. The second-order valence-corrected chi connectivity index (χ2v) is 10.3. The summed E-state index contributed by atoms with van der Waals surface area (Å²) >= 11 is 4.00. The Kier molecular flexibility index (Phi) is 4.70. The Hall–Kier alpha value is -1.23. The van der Waals surface area contributed by atoms with E-state index in [0.717, 1.165) is 42.6 Å². The molecule has 4 aliphatic rings. The fourth-order valence-corrected chi connectivity index (χ4v) is 7.33. The Morgan fingerprint density at radius 3 is 2.35 bits per heavy atom. The number of alkyl halides is 1. The van der Waals surface area contributed by atoms with Crippen LogP contribution in [0, 0.1) is 17.3 Å². The highest BCUT2D eigenvalue weighted by atomic mass is 79.9. The zero-order valence-electron chi connectivity index (χ0n) is 15.7. The predicted octanol–water partition coefficient (Wildman–Crippen LogP) is 4.27. The summed E-state index contributed by atoms with van der Waals surface area (Å²) in [5, 5.41) is 0. The molecule has 4 nitrogen and oxygen atoms in total. The number of methoxy groups -OCH3 is 1. The fourth-order valence-electron chi connectivity index (χ4n) is 5.88. The molecule has 1 aromatic rings. The van der Waals surface area contributed by atoms with Gasteiger partial charge in [0.2, 0.25) is 5.91 Å². The monoisotopic (exact) mass is 421 g/mol. The van der Waals surface area contributed by atoms with Crippen LogP contribution in [0.5, 0.6) is 11.5 Å². The maximum absolute atomic E-state index is 13.3. The second-order valence-electron chi connectivity index (χ2n) is 8.64. The summed E-state index contributed by atoms with van der Waals surface area (Å²) in [7, 11) is 3.58. The summed E-state index contributed by atoms with van der Waals surface area (Å²) in [6.45, 7) is 1.13. The lowest BCUT2D eigenvalue weighted by Gasteiger charge is -2.59. The van der Waals surface area contributed by atoms with E-state index >= 15 is 0 Å². The van der Waals surface area contributed by atoms with Crippen LogP contribution in [0.25, 0.3) is 0 Å². The molecule has 2 atom stereocenters. The minimum Gasteiger partial charge on any atom is -0.497 e. The highest BCUT2D eigenvalue weighted by Crippen LogP contribution is 2.64. The first-order chi connectivity index (χ1) is 12.4. The van der Waals surface area contributed by atoms with E-state index in [1.807, 2.05) is 36.2 Å². The molecule has 0 spiro atoms. The minimum absolute atomic E-state index is 0.136. The van der Waals surface area contributed by atoms with Gasteiger partial charge in [-0.25, -0.2) is 0 Å². The highest BCUT2D eigenvalue weighted by molar-refractivity contribution is 9.10. The van der Waals surface area contributed by atoms with Gasteiger partial charge in [0.1, 0.15) is 18.1 Å². The average Bonchev–Trinajstić information content (AvgIpc) is 2.59. The Balaban J connectivity index is 1.34. The zero-order valence-corrected chi connectivity index (χ0v) is 17.3. The van der Waals surface area contributed by atoms with E-state index in [9.17, 15) is 4.79 Å². The third kappa shape index (κ3) is 3.35. The predicted molar refractivity (Wildman–Crippen MR) is 105 cm³/mol. The first-order valence-corrected chi connectivity index (χ1v) is 10.4. The van der Waals surface area contributed by atoms with Crippen LogP contribution in [0.3, 0.4) is 0 Å². The summed E-state index contributed by atoms with van der Waals surface area (Å²) < 4.78 is 11.2. The Morgan fingerprint density at radius 2 is 1.77 bits per heavy atom. The zero-order chi connectivity index (χ0) is 18.4. The van der Waals surface area contributed by atoms with Crippen molar-refractivity contribution in [3.05, 3.63) is 24.3 Å². The molecular weight excluding hydrogens is 394 g/mol. The van der Waals surface area contributed by atoms with Crippen molar-refractivity contribution >= 4 is 21.8 Å². The van der Waals surface area contributed by atoms with Crippen molar-refractivity contribution in [3.63, 3.8) is 0 Å². The van der Waals surface area contributed by atoms with Gasteiger partial charge in [-0.3, -0.25) is 4.79 Å².